The molecule has 1 fully saturated rings. The minimum atomic E-state index is -4.71. The molecule has 1 heterocycles. The van der Waals surface area contributed by atoms with Crippen LogP contribution in [-0.4, -0.2) is 54.9 Å². The second-order valence-corrected chi connectivity index (χ2v) is 5.96. The van der Waals surface area contributed by atoms with Crippen molar-refractivity contribution in [3.63, 3.8) is 0 Å². The zero-order chi connectivity index (χ0) is 19.5. The van der Waals surface area contributed by atoms with E-state index in [9.17, 15) is 27.2 Å². The molecule has 10 heteroatoms. The lowest BCUT2D eigenvalue weighted by molar-refractivity contribution is -0.187. The molecule has 3 atom stereocenters. The number of carboxylic acids is 1. The van der Waals surface area contributed by atoms with Crippen LogP contribution < -0.4 is 5.32 Å². The third-order valence-corrected chi connectivity index (χ3v) is 4.31. The van der Waals surface area contributed by atoms with Crippen LogP contribution in [0.15, 0.2) is 24.3 Å². The summed E-state index contributed by atoms with van der Waals surface area (Å²) in [5.41, 5.74) is 0.576. The topological polar surface area (TPSA) is 78.9 Å². The van der Waals surface area contributed by atoms with Crippen LogP contribution in [0.25, 0.3) is 0 Å². The van der Waals surface area contributed by atoms with E-state index < -0.39 is 55.0 Å². The van der Waals surface area contributed by atoms with Gasteiger partial charge in [-0.25, -0.2) is 9.18 Å². The maximum Gasteiger partial charge on any atom is 0.394 e. The number of carbonyl (C=O) groups excluding carboxylic acids is 1. The number of amides is 2. The lowest BCUT2D eigenvalue weighted by atomic mass is 9.96. The largest absolute Gasteiger partial charge is 0.481 e. The average molecular weight is 378 g/mol. The SMILES string of the molecule is COC(CNC(=O)N1C[C@@H](C(F)(F)F)[C@H](C(=O)O)C1)c1ccc(F)cc1. The van der Waals surface area contributed by atoms with Gasteiger partial charge in [-0.05, 0) is 17.7 Å². The van der Waals surface area contributed by atoms with E-state index in [1.165, 1.54) is 31.4 Å². The number of hydrogen-bond donors (Lipinski definition) is 2. The number of alkyl halides is 3. The Morgan fingerprint density at radius 2 is 1.92 bits per heavy atom. The Hall–Kier alpha value is -2.36. The van der Waals surface area contributed by atoms with Gasteiger partial charge in [-0.3, -0.25) is 4.79 Å². The number of hydrogen-bond acceptors (Lipinski definition) is 3. The number of aliphatic carboxylic acids is 1. The Labute approximate surface area is 146 Å². The van der Waals surface area contributed by atoms with E-state index in [0.717, 1.165) is 4.90 Å². The van der Waals surface area contributed by atoms with Gasteiger partial charge in [0.1, 0.15) is 5.82 Å². The summed E-state index contributed by atoms with van der Waals surface area (Å²) in [6.45, 7) is -1.31. The minimum Gasteiger partial charge on any atom is -0.481 e. The number of ether oxygens (including phenoxy) is 1. The fourth-order valence-corrected chi connectivity index (χ4v) is 2.86. The Balaban J connectivity index is 1.98. The van der Waals surface area contributed by atoms with Crippen LogP contribution in [0, 0.1) is 17.7 Å². The third-order valence-electron chi connectivity index (χ3n) is 4.31. The van der Waals surface area contributed by atoms with Gasteiger partial charge in [0.25, 0.3) is 0 Å². The van der Waals surface area contributed by atoms with Crippen LogP contribution in [0.2, 0.25) is 0 Å². The van der Waals surface area contributed by atoms with Crippen molar-refractivity contribution in [1.29, 1.82) is 0 Å². The molecule has 2 N–H and O–H groups in total. The molecule has 0 spiro atoms. The number of nitrogens with one attached hydrogen (secondary N) is 1. The van der Waals surface area contributed by atoms with Gasteiger partial charge in [-0.1, -0.05) is 12.1 Å². The molecule has 0 saturated carbocycles. The molecule has 1 aromatic carbocycles. The summed E-state index contributed by atoms with van der Waals surface area (Å²) in [6, 6.07) is 4.55. The highest BCUT2D eigenvalue weighted by atomic mass is 19.4. The second kappa shape index (κ2) is 7.90. The third kappa shape index (κ3) is 4.63. The molecule has 6 nitrogen and oxygen atoms in total. The average Bonchev–Trinajstić information content (AvgIpc) is 3.03. The molecule has 1 saturated heterocycles. The van der Waals surface area contributed by atoms with Crippen LogP contribution in [0.5, 0.6) is 0 Å². The number of carbonyl (C=O) groups is 2. The molecule has 0 radical (unpaired) electrons. The van der Waals surface area contributed by atoms with Gasteiger partial charge in [0, 0.05) is 26.7 Å². The molecule has 0 aliphatic carbocycles. The number of methoxy groups -OCH3 is 1. The van der Waals surface area contributed by atoms with E-state index in [4.69, 9.17) is 9.84 Å². The van der Waals surface area contributed by atoms with E-state index in [1.807, 2.05) is 0 Å². The number of halogens is 4. The second-order valence-electron chi connectivity index (χ2n) is 5.96. The number of rotatable bonds is 5. The molecular weight excluding hydrogens is 360 g/mol. The highest BCUT2D eigenvalue weighted by Crippen LogP contribution is 2.37. The van der Waals surface area contributed by atoms with Crippen molar-refractivity contribution >= 4 is 12.0 Å². The van der Waals surface area contributed by atoms with Crippen molar-refractivity contribution in [3.05, 3.63) is 35.6 Å². The van der Waals surface area contributed by atoms with Crippen molar-refractivity contribution in [3.8, 4) is 0 Å². The lowest BCUT2D eigenvalue weighted by Crippen LogP contribution is -2.41. The molecule has 0 bridgehead atoms. The molecule has 2 amide bonds. The molecular formula is C16H18F4N2O4. The Bertz CT molecular complexity index is 651. The fraction of sp³-hybridized carbons (Fsp3) is 0.500. The van der Waals surface area contributed by atoms with Gasteiger partial charge in [-0.15, -0.1) is 0 Å². The summed E-state index contributed by atoms with van der Waals surface area (Å²) >= 11 is 0. The van der Waals surface area contributed by atoms with Crippen molar-refractivity contribution in [1.82, 2.24) is 10.2 Å². The molecule has 1 aliphatic heterocycles. The predicted molar refractivity (Wildman–Crippen MR) is 81.8 cm³/mol. The van der Waals surface area contributed by atoms with E-state index in [1.54, 1.807) is 0 Å². The number of urea groups is 1. The van der Waals surface area contributed by atoms with Crippen molar-refractivity contribution in [2.75, 3.05) is 26.7 Å². The number of benzene rings is 1. The standard InChI is InChI=1S/C16H18F4N2O4/c1-26-13(9-2-4-10(17)5-3-9)6-21-15(25)22-7-11(14(23)24)12(8-22)16(18,19)20/h2-5,11-13H,6-8H2,1H3,(H,21,25)(H,23,24)/t11-,12-,13?/m1/s1. The summed E-state index contributed by atoms with van der Waals surface area (Å²) < 4.78 is 57.0. The van der Waals surface area contributed by atoms with Gasteiger partial charge in [0.15, 0.2) is 0 Å². The van der Waals surface area contributed by atoms with Gasteiger partial charge in [-0.2, -0.15) is 13.2 Å². The van der Waals surface area contributed by atoms with E-state index in [-0.39, 0.29) is 6.54 Å². The molecule has 2 rings (SSSR count). The maximum absolute atomic E-state index is 13.0. The zero-order valence-corrected chi connectivity index (χ0v) is 13.8. The summed E-state index contributed by atoms with van der Waals surface area (Å²) in [6.07, 6.45) is -5.34. The van der Waals surface area contributed by atoms with Gasteiger partial charge in [0.2, 0.25) is 0 Å². The van der Waals surface area contributed by atoms with Gasteiger partial charge >= 0.3 is 18.2 Å². The Morgan fingerprint density at radius 3 is 2.38 bits per heavy atom. The van der Waals surface area contributed by atoms with Crippen LogP contribution in [-0.2, 0) is 9.53 Å². The Kier molecular flexibility index (Phi) is 6.06. The van der Waals surface area contributed by atoms with E-state index in [2.05, 4.69) is 5.32 Å². The Morgan fingerprint density at radius 1 is 1.31 bits per heavy atom. The molecule has 1 unspecified atom stereocenters. The van der Waals surface area contributed by atoms with E-state index in [0.29, 0.717) is 5.56 Å². The monoisotopic (exact) mass is 378 g/mol. The highest BCUT2D eigenvalue weighted by molar-refractivity contribution is 5.77. The van der Waals surface area contributed by atoms with Crippen molar-refractivity contribution in [2.45, 2.75) is 12.3 Å². The normalized spacial score (nSPS) is 21.5. The first-order valence-electron chi connectivity index (χ1n) is 7.74. The quantitative estimate of drug-likeness (QED) is 0.772. The van der Waals surface area contributed by atoms with E-state index >= 15 is 0 Å². The van der Waals surface area contributed by atoms with Gasteiger partial charge < -0.3 is 20.1 Å². The number of nitrogens with zero attached hydrogens (tertiary/aromatic N) is 1. The predicted octanol–water partition coefficient (Wildman–Crippen LogP) is 2.42. The highest BCUT2D eigenvalue weighted by Gasteiger charge is 2.53. The molecule has 1 aromatic rings. The lowest BCUT2D eigenvalue weighted by Gasteiger charge is -2.21. The summed E-state index contributed by atoms with van der Waals surface area (Å²) in [5.74, 6) is -5.84. The smallest absolute Gasteiger partial charge is 0.394 e. The first-order valence-corrected chi connectivity index (χ1v) is 7.74. The summed E-state index contributed by atoms with van der Waals surface area (Å²) in [5, 5.41) is 11.4. The first-order chi connectivity index (χ1) is 12.1. The maximum atomic E-state index is 13.0. The van der Waals surface area contributed by atoms with Crippen molar-refractivity contribution < 1.29 is 37.0 Å². The molecule has 144 valence electrons. The zero-order valence-electron chi connectivity index (χ0n) is 13.8. The van der Waals surface area contributed by atoms with Crippen LogP contribution in [0.1, 0.15) is 11.7 Å². The number of likely N-dealkylation sites (tertiary alicyclic amines) is 1. The first kappa shape index (κ1) is 20.0. The fourth-order valence-electron chi connectivity index (χ4n) is 2.86. The minimum absolute atomic E-state index is 0.0636. The van der Waals surface area contributed by atoms with Crippen LogP contribution in [0.4, 0.5) is 22.4 Å². The summed E-state index contributed by atoms with van der Waals surface area (Å²) in [4.78, 5) is 24.0. The van der Waals surface area contributed by atoms with Crippen molar-refractivity contribution in [2.24, 2.45) is 11.8 Å². The van der Waals surface area contributed by atoms with Crippen LogP contribution in [0.3, 0.4) is 0 Å². The van der Waals surface area contributed by atoms with Gasteiger partial charge in [0.05, 0.1) is 17.9 Å². The van der Waals surface area contributed by atoms with Crippen LogP contribution >= 0.6 is 0 Å². The number of carboxylic acid groups (broad SMARTS) is 1. The molecule has 0 aromatic heterocycles. The molecule has 26 heavy (non-hydrogen) atoms. The molecule has 1 aliphatic rings. The summed E-state index contributed by atoms with van der Waals surface area (Å²) in [7, 11) is 1.37.